The van der Waals surface area contributed by atoms with Gasteiger partial charge in [0.1, 0.15) is 11.6 Å². The molecule has 0 aliphatic rings. The maximum atomic E-state index is 13.9. The first-order valence-electron chi connectivity index (χ1n) is 6.15. The van der Waals surface area contributed by atoms with Gasteiger partial charge in [0.25, 0.3) is 0 Å². The topological polar surface area (TPSA) is 26.3 Å². The summed E-state index contributed by atoms with van der Waals surface area (Å²) in [7, 11) is 0. The molecule has 0 N–H and O–H groups in total. The molecule has 2 nitrogen and oxygen atoms in total. The van der Waals surface area contributed by atoms with Crippen molar-refractivity contribution in [1.29, 1.82) is 0 Å². The average molecular weight is 293 g/mol. The molecule has 20 heavy (non-hydrogen) atoms. The lowest BCUT2D eigenvalue weighted by Gasteiger charge is -2.09. The van der Waals surface area contributed by atoms with Crippen molar-refractivity contribution in [3.05, 3.63) is 63.9 Å². The van der Waals surface area contributed by atoms with Gasteiger partial charge in [0.05, 0.1) is 5.56 Å². The Morgan fingerprint density at radius 1 is 1.25 bits per heavy atom. The molecular weight excluding hydrogens is 279 g/mol. The summed E-state index contributed by atoms with van der Waals surface area (Å²) in [6, 6.07) is 9.85. The van der Waals surface area contributed by atoms with E-state index >= 15 is 0 Å². The van der Waals surface area contributed by atoms with E-state index in [-0.39, 0.29) is 18.0 Å². The van der Waals surface area contributed by atoms with Crippen molar-refractivity contribution in [2.45, 2.75) is 13.8 Å². The molecule has 4 heteroatoms. The van der Waals surface area contributed by atoms with E-state index in [0.29, 0.717) is 16.3 Å². The fraction of sp³-hybridized carbons (Fsp3) is 0.188. The van der Waals surface area contributed by atoms with Crippen LogP contribution in [0.5, 0.6) is 5.75 Å². The minimum atomic E-state index is -0.512. The zero-order valence-corrected chi connectivity index (χ0v) is 12.0. The lowest BCUT2D eigenvalue weighted by atomic mass is 10.0. The highest BCUT2D eigenvalue weighted by atomic mass is 35.5. The monoisotopic (exact) mass is 292 g/mol. The van der Waals surface area contributed by atoms with Crippen molar-refractivity contribution in [2.24, 2.45) is 0 Å². The minimum Gasteiger partial charge on any atom is -0.485 e. The molecular formula is C16H14ClFO2. The molecule has 0 saturated carbocycles. The predicted octanol–water partition coefficient (Wildman–Crippen LogP) is 4.36. The summed E-state index contributed by atoms with van der Waals surface area (Å²) in [5.74, 6) is -0.418. The largest absolute Gasteiger partial charge is 0.485 e. The highest BCUT2D eigenvalue weighted by Gasteiger charge is 2.16. The molecule has 0 saturated heterocycles. The van der Waals surface area contributed by atoms with Gasteiger partial charge in [-0.1, -0.05) is 23.7 Å². The Balaban J connectivity index is 2.13. The van der Waals surface area contributed by atoms with Crippen LogP contribution in [-0.4, -0.2) is 12.4 Å². The molecule has 0 unspecified atom stereocenters. The summed E-state index contributed by atoms with van der Waals surface area (Å²) in [5, 5.41) is 0.521. The first-order chi connectivity index (χ1) is 9.47. The van der Waals surface area contributed by atoms with Gasteiger partial charge in [0, 0.05) is 5.02 Å². The molecule has 2 rings (SSSR count). The van der Waals surface area contributed by atoms with Gasteiger partial charge in [0.2, 0.25) is 5.78 Å². The normalized spacial score (nSPS) is 10.4. The predicted molar refractivity (Wildman–Crippen MR) is 77.2 cm³/mol. The Kier molecular flexibility index (Phi) is 4.40. The van der Waals surface area contributed by atoms with Crippen LogP contribution in [0, 0.1) is 19.7 Å². The summed E-state index contributed by atoms with van der Waals surface area (Å²) in [4.78, 5) is 12.1. The third kappa shape index (κ3) is 3.36. The molecule has 0 atom stereocenters. The lowest BCUT2D eigenvalue weighted by Crippen LogP contribution is -2.15. The zero-order chi connectivity index (χ0) is 14.7. The van der Waals surface area contributed by atoms with Crippen molar-refractivity contribution in [2.75, 3.05) is 6.61 Å². The van der Waals surface area contributed by atoms with Gasteiger partial charge in [-0.15, -0.1) is 0 Å². The highest BCUT2D eigenvalue weighted by molar-refractivity contribution is 6.30. The van der Waals surface area contributed by atoms with E-state index in [1.165, 1.54) is 6.07 Å². The SMILES string of the molecule is Cc1cc(C)c(C(=O)COc2cccc(Cl)c2)c(F)c1. The Morgan fingerprint density at radius 2 is 2.00 bits per heavy atom. The van der Waals surface area contributed by atoms with E-state index in [9.17, 15) is 9.18 Å². The summed E-state index contributed by atoms with van der Waals surface area (Å²) in [6.45, 7) is 3.27. The summed E-state index contributed by atoms with van der Waals surface area (Å²) >= 11 is 5.82. The first kappa shape index (κ1) is 14.5. The summed E-state index contributed by atoms with van der Waals surface area (Å²) in [5.41, 5.74) is 1.48. The minimum absolute atomic E-state index is 0.0811. The van der Waals surface area contributed by atoms with Crippen LogP contribution in [-0.2, 0) is 0 Å². The summed E-state index contributed by atoms with van der Waals surface area (Å²) < 4.78 is 19.2. The Bertz CT molecular complexity index is 630. The fourth-order valence-corrected chi connectivity index (χ4v) is 2.23. The van der Waals surface area contributed by atoms with Gasteiger partial charge >= 0.3 is 0 Å². The van der Waals surface area contributed by atoms with Crippen molar-refractivity contribution in [3.8, 4) is 5.75 Å². The number of benzene rings is 2. The maximum absolute atomic E-state index is 13.9. The number of Topliss-reactive ketones (excluding diaryl/α,β-unsaturated/α-hetero) is 1. The number of halogens is 2. The van der Waals surface area contributed by atoms with E-state index in [2.05, 4.69) is 0 Å². The Hall–Kier alpha value is -1.87. The van der Waals surface area contributed by atoms with Crippen LogP contribution in [0.1, 0.15) is 21.5 Å². The second-order valence-electron chi connectivity index (χ2n) is 4.61. The second kappa shape index (κ2) is 6.06. The van der Waals surface area contributed by atoms with Crippen LogP contribution >= 0.6 is 11.6 Å². The van der Waals surface area contributed by atoms with Crippen LogP contribution in [0.25, 0.3) is 0 Å². The van der Waals surface area contributed by atoms with E-state index < -0.39 is 5.82 Å². The third-order valence-electron chi connectivity index (χ3n) is 2.88. The van der Waals surface area contributed by atoms with E-state index in [1.807, 2.05) is 0 Å². The smallest absolute Gasteiger partial charge is 0.203 e. The Morgan fingerprint density at radius 3 is 2.65 bits per heavy atom. The number of ketones is 1. The van der Waals surface area contributed by atoms with Crippen LogP contribution in [0.4, 0.5) is 4.39 Å². The van der Waals surface area contributed by atoms with Crippen LogP contribution in [0.2, 0.25) is 5.02 Å². The molecule has 104 valence electrons. The van der Waals surface area contributed by atoms with Crippen molar-refractivity contribution < 1.29 is 13.9 Å². The molecule has 0 bridgehead atoms. The van der Waals surface area contributed by atoms with Gasteiger partial charge in [-0.05, 0) is 49.2 Å². The molecule has 0 amide bonds. The fourth-order valence-electron chi connectivity index (χ4n) is 2.05. The van der Waals surface area contributed by atoms with E-state index in [1.54, 1.807) is 44.2 Å². The number of hydrogen-bond donors (Lipinski definition) is 0. The molecule has 2 aromatic rings. The van der Waals surface area contributed by atoms with Crippen molar-refractivity contribution >= 4 is 17.4 Å². The molecule has 0 aliphatic carbocycles. The molecule has 2 aromatic carbocycles. The third-order valence-corrected chi connectivity index (χ3v) is 3.11. The number of ether oxygens (including phenoxy) is 1. The van der Waals surface area contributed by atoms with Crippen molar-refractivity contribution in [3.63, 3.8) is 0 Å². The van der Waals surface area contributed by atoms with Crippen LogP contribution in [0.3, 0.4) is 0 Å². The van der Waals surface area contributed by atoms with Gasteiger partial charge in [0.15, 0.2) is 6.61 Å². The van der Waals surface area contributed by atoms with E-state index in [4.69, 9.17) is 16.3 Å². The lowest BCUT2D eigenvalue weighted by molar-refractivity contribution is 0.0917. The van der Waals surface area contributed by atoms with Gasteiger partial charge in [-0.3, -0.25) is 4.79 Å². The van der Waals surface area contributed by atoms with E-state index in [0.717, 1.165) is 5.56 Å². The first-order valence-corrected chi connectivity index (χ1v) is 6.53. The maximum Gasteiger partial charge on any atom is 0.203 e. The zero-order valence-electron chi connectivity index (χ0n) is 11.2. The Labute approximate surface area is 122 Å². The molecule has 0 aromatic heterocycles. The molecule has 0 radical (unpaired) electrons. The number of aryl methyl sites for hydroxylation is 2. The van der Waals surface area contributed by atoms with Gasteiger partial charge < -0.3 is 4.74 Å². The number of hydrogen-bond acceptors (Lipinski definition) is 2. The number of rotatable bonds is 4. The highest BCUT2D eigenvalue weighted by Crippen LogP contribution is 2.19. The van der Waals surface area contributed by atoms with Crippen molar-refractivity contribution in [1.82, 2.24) is 0 Å². The second-order valence-corrected chi connectivity index (χ2v) is 5.04. The molecule has 0 spiro atoms. The van der Waals surface area contributed by atoms with Gasteiger partial charge in [-0.2, -0.15) is 0 Å². The van der Waals surface area contributed by atoms with Gasteiger partial charge in [-0.25, -0.2) is 4.39 Å². The van der Waals surface area contributed by atoms with Crippen LogP contribution < -0.4 is 4.74 Å². The summed E-state index contributed by atoms with van der Waals surface area (Å²) in [6.07, 6.45) is 0. The number of carbonyl (C=O) groups excluding carboxylic acids is 1. The van der Waals surface area contributed by atoms with Crippen LogP contribution in [0.15, 0.2) is 36.4 Å². The molecule has 0 heterocycles. The average Bonchev–Trinajstić information content (AvgIpc) is 2.35. The standard InChI is InChI=1S/C16H14ClFO2/c1-10-6-11(2)16(14(18)7-10)15(19)9-20-13-5-3-4-12(17)8-13/h3-8H,9H2,1-2H3. The molecule has 0 aliphatic heterocycles. The number of carbonyl (C=O) groups is 1. The molecule has 0 fully saturated rings. The quantitative estimate of drug-likeness (QED) is 0.783.